The molecule has 4 aromatic rings. The molecule has 1 fully saturated rings. The number of piperidine rings is 1. The highest BCUT2D eigenvalue weighted by atomic mass is 19.1. The number of ether oxygens (including phenoxy) is 3. The van der Waals surface area contributed by atoms with Crippen molar-refractivity contribution in [3.8, 4) is 22.6 Å². The van der Waals surface area contributed by atoms with Gasteiger partial charge in [0.2, 0.25) is 0 Å². The molecular weight excluding hydrogens is 551 g/mol. The van der Waals surface area contributed by atoms with E-state index in [0.29, 0.717) is 60.6 Å². The molecule has 0 saturated carbocycles. The number of halogens is 1. The molecule has 3 N–H and O–H groups in total. The van der Waals surface area contributed by atoms with Crippen LogP contribution in [0.15, 0.2) is 59.7 Å². The molecule has 1 amide bonds. The van der Waals surface area contributed by atoms with E-state index < -0.39 is 11.4 Å². The molecule has 228 valence electrons. The van der Waals surface area contributed by atoms with Crippen LogP contribution < -0.4 is 16.0 Å². The maximum Gasteiger partial charge on any atom is 0.410 e. The second kappa shape index (κ2) is 12.5. The summed E-state index contributed by atoms with van der Waals surface area (Å²) in [6.07, 6.45) is 5.82. The lowest BCUT2D eigenvalue weighted by atomic mass is 10.0. The SMILES string of the molecule is Cn1cc(-c2cc(N)ccc2Oc2cccc(CCCOC3CCN(C(=O)OC(C)(C)C)CC3)c2F)c2cc[nH]c2c1=O. The first kappa shape index (κ1) is 30.2. The molecule has 9 nitrogen and oxygen atoms in total. The molecule has 10 heteroatoms. The van der Waals surface area contributed by atoms with E-state index in [1.165, 1.54) is 4.57 Å². The molecule has 0 spiro atoms. The molecule has 3 heterocycles. The Morgan fingerprint density at radius 2 is 1.86 bits per heavy atom. The van der Waals surface area contributed by atoms with Crippen LogP contribution in [0, 0.1) is 5.82 Å². The van der Waals surface area contributed by atoms with Crippen molar-refractivity contribution in [3.63, 3.8) is 0 Å². The lowest BCUT2D eigenvalue weighted by molar-refractivity contribution is -0.0117. The number of pyridine rings is 1. The number of aromatic nitrogens is 2. The fourth-order valence-corrected chi connectivity index (χ4v) is 5.32. The summed E-state index contributed by atoms with van der Waals surface area (Å²) in [5, 5.41) is 0.725. The molecule has 0 atom stereocenters. The Hall–Kier alpha value is -4.31. The molecule has 1 aliphatic rings. The Balaban J connectivity index is 1.22. The maximum absolute atomic E-state index is 15.6. The lowest BCUT2D eigenvalue weighted by Crippen LogP contribution is -2.43. The molecule has 5 rings (SSSR count). The number of hydrogen-bond acceptors (Lipinski definition) is 6. The fourth-order valence-electron chi connectivity index (χ4n) is 5.32. The van der Waals surface area contributed by atoms with Gasteiger partial charge in [-0.05, 0) is 82.3 Å². The third-order valence-electron chi connectivity index (χ3n) is 7.49. The highest BCUT2D eigenvalue weighted by Gasteiger charge is 2.27. The average Bonchev–Trinajstić information content (AvgIpc) is 3.46. The molecular formula is C33H39FN4O5. The van der Waals surface area contributed by atoms with Gasteiger partial charge in [0.1, 0.15) is 16.9 Å². The fraction of sp³-hybridized carbons (Fsp3) is 0.394. The van der Waals surface area contributed by atoms with Gasteiger partial charge < -0.3 is 34.4 Å². The zero-order valence-corrected chi connectivity index (χ0v) is 25.1. The van der Waals surface area contributed by atoms with Crippen LogP contribution in [-0.4, -0.2) is 51.9 Å². The Kier molecular flexibility index (Phi) is 8.77. The third-order valence-corrected chi connectivity index (χ3v) is 7.49. The minimum Gasteiger partial charge on any atom is -0.454 e. The maximum atomic E-state index is 15.6. The van der Waals surface area contributed by atoms with Crippen molar-refractivity contribution in [1.29, 1.82) is 0 Å². The number of aryl methyl sites for hydroxylation is 2. The van der Waals surface area contributed by atoms with E-state index in [9.17, 15) is 9.59 Å². The first-order chi connectivity index (χ1) is 20.5. The molecule has 2 aromatic heterocycles. The number of rotatable bonds is 8. The van der Waals surface area contributed by atoms with Gasteiger partial charge in [0.25, 0.3) is 5.56 Å². The summed E-state index contributed by atoms with van der Waals surface area (Å²) in [7, 11) is 1.68. The van der Waals surface area contributed by atoms with Gasteiger partial charge in [-0.1, -0.05) is 12.1 Å². The highest BCUT2D eigenvalue weighted by Crippen LogP contribution is 2.38. The summed E-state index contributed by atoms with van der Waals surface area (Å²) in [5.74, 6) is 0.102. The Morgan fingerprint density at radius 3 is 2.60 bits per heavy atom. The van der Waals surface area contributed by atoms with Gasteiger partial charge >= 0.3 is 6.09 Å². The van der Waals surface area contributed by atoms with Gasteiger partial charge in [0.15, 0.2) is 11.6 Å². The van der Waals surface area contributed by atoms with Gasteiger partial charge in [0, 0.05) is 61.3 Å². The third kappa shape index (κ3) is 7.02. The van der Waals surface area contributed by atoms with Gasteiger partial charge in [0.05, 0.1) is 6.10 Å². The quantitative estimate of drug-likeness (QED) is 0.182. The first-order valence-corrected chi connectivity index (χ1v) is 14.6. The largest absolute Gasteiger partial charge is 0.454 e. The van der Waals surface area contributed by atoms with Crippen LogP contribution in [0.3, 0.4) is 0 Å². The van der Waals surface area contributed by atoms with Gasteiger partial charge in [-0.3, -0.25) is 4.79 Å². The second-order valence-electron chi connectivity index (χ2n) is 12.0. The van der Waals surface area contributed by atoms with Crippen LogP contribution in [0.4, 0.5) is 14.9 Å². The number of carbonyl (C=O) groups is 1. The van der Waals surface area contributed by atoms with Crippen LogP contribution >= 0.6 is 0 Å². The number of likely N-dealkylation sites (tertiary alicyclic amines) is 1. The first-order valence-electron chi connectivity index (χ1n) is 14.6. The number of nitrogen functional groups attached to an aromatic ring is 1. The molecule has 1 saturated heterocycles. The van der Waals surface area contributed by atoms with Crippen molar-refractivity contribution >= 4 is 22.7 Å². The van der Waals surface area contributed by atoms with Crippen LogP contribution in [0.25, 0.3) is 22.0 Å². The van der Waals surface area contributed by atoms with Gasteiger partial charge in [-0.25, -0.2) is 9.18 Å². The van der Waals surface area contributed by atoms with Crippen molar-refractivity contribution in [1.82, 2.24) is 14.5 Å². The minimum atomic E-state index is -0.516. The van der Waals surface area contributed by atoms with Crippen molar-refractivity contribution in [2.45, 2.75) is 58.2 Å². The minimum absolute atomic E-state index is 0.0612. The van der Waals surface area contributed by atoms with Crippen LogP contribution in [0.1, 0.15) is 45.6 Å². The van der Waals surface area contributed by atoms with E-state index in [-0.39, 0.29) is 23.5 Å². The zero-order chi connectivity index (χ0) is 30.7. The number of carbonyl (C=O) groups excluding carboxylic acids is 1. The van der Waals surface area contributed by atoms with E-state index >= 15 is 4.39 Å². The lowest BCUT2D eigenvalue weighted by Gasteiger charge is -2.33. The number of nitrogens with one attached hydrogen (secondary N) is 1. The number of fused-ring (bicyclic) bond motifs is 1. The van der Waals surface area contributed by atoms with Crippen molar-refractivity contribution in [3.05, 3.63) is 76.6 Å². The summed E-state index contributed by atoms with van der Waals surface area (Å²) in [6, 6.07) is 12.1. The molecule has 43 heavy (non-hydrogen) atoms. The zero-order valence-electron chi connectivity index (χ0n) is 25.1. The van der Waals surface area contributed by atoms with Crippen molar-refractivity contribution in [2.24, 2.45) is 7.05 Å². The summed E-state index contributed by atoms with van der Waals surface area (Å²) in [5.41, 5.74) is 8.37. The number of H-pyrrole nitrogens is 1. The molecule has 2 aromatic carbocycles. The number of hydrogen-bond donors (Lipinski definition) is 2. The number of nitrogens with zero attached hydrogens (tertiary/aromatic N) is 2. The molecule has 1 aliphatic heterocycles. The monoisotopic (exact) mass is 590 g/mol. The summed E-state index contributed by atoms with van der Waals surface area (Å²) in [4.78, 5) is 29.6. The molecule has 0 aliphatic carbocycles. The van der Waals surface area contributed by atoms with Gasteiger partial charge in [-0.15, -0.1) is 0 Å². The normalized spacial score (nSPS) is 14.3. The summed E-state index contributed by atoms with van der Waals surface area (Å²) >= 11 is 0. The van der Waals surface area contributed by atoms with Crippen molar-refractivity contribution < 1.29 is 23.4 Å². The van der Waals surface area contributed by atoms with E-state index in [1.807, 2.05) is 26.8 Å². The number of nitrogens with two attached hydrogens (primary N) is 1. The topological polar surface area (TPSA) is 112 Å². The van der Waals surface area contributed by atoms with E-state index in [4.69, 9.17) is 19.9 Å². The Labute approximate surface area is 250 Å². The summed E-state index contributed by atoms with van der Waals surface area (Å²) in [6.45, 7) is 7.25. The smallest absolute Gasteiger partial charge is 0.410 e. The molecule has 0 bridgehead atoms. The van der Waals surface area contributed by atoms with Crippen LogP contribution in [0.5, 0.6) is 11.5 Å². The van der Waals surface area contributed by atoms with Crippen LogP contribution in [0.2, 0.25) is 0 Å². The van der Waals surface area contributed by atoms with Gasteiger partial charge in [-0.2, -0.15) is 0 Å². The van der Waals surface area contributed by atoms with E-state index in [0.717, 1.165) is 23.8 Å². The standard InChI is InChI=1S/C33H39FN4O5/c1-33(2,3)43-32(40)38-16-13-23(14-17-38)41-18-6-8-21-7-5-9-28(29(21)34)42-27-11-10-22(35)19-25(27)26-20-37(4)31(39)30-24(26)12-15-36-30/h5,7,9-12,15,19-20,23,36H,6,8,13-14,16-18,35H2,1-4H3. The van der Waals surface area contributed by atoms with Crippen LogP contribution in [-0.2, 0) is 22.9 Å². The number of amides is 1. The predicted molar refractivity (Wildman–Crippen MR) is 165 cm³/mol. The number of benzene rings is 2. The average molecular weight is 591 g/mol. The Bertz CT molecular complexity index is 1660. The predicted octanol–water partition coefficient (Wildman–Crippen LogP) is 6.40. The second-order valence-corrected chi connectivity index (χ2v) is 12.0. The molecule has 0 radical (unpaired) electrons. The number of aromatic amines is 1. The summed E-state index contributed by atoms with van der Waals surface area (Å²) < 4.78 is 34.8. The molecule has 0 unspecified atom stereocenters. The Morgan fingerprint density at radius 1 is 1.09 bits per heavy atom. The van der Waals surface area contributed by atoms with E-state index in [1.54, 1.807) is 60.7 Å². The highest BCUT2D eigenvalue weighted by molar-refractivity contribution is 5.96. The number of anilines is 1. The van der Waals surface area contributed by atoms with E-state index in [2.05, 4.69) is 4.98 Å². The van der Waals surface area contributed by atoms with Crippen molar-refractivity contribution in [2.75, 3.05) is 25.4 Å².